The van der Waals surface area contributed by atoms with Crippen LogP contribution in [0.3, 0.4) is 0 Å². The van der Waals surface area contributed by atoms with E-state index in [1.165, 1.54) is 9.80 Å². The van der Waals surface area contributed by atoms with Crippen molar-refractivity contribution in [1.29, 1.82) is 0 Å². The number of benzene rings is 3. The van der Waals surface area contributed by atoms with Crippen LogP contribution in [0.1, 0.15) is 55.9 Å². The lowest BCUT2D eigenvalue weighted by atomic mass is 9.70. The molecule has 0 unspecified atom stereocenters. The van der Waals surface area contributed by atoms with Crippen LogP contribution in [0.2, 0.25) is 5.02 Å². The number of aliphatic hydroxyl groups is 1. The van der Waals surface area contributed by atoms with Crippen molar-refractivity contribution in [3.63, 3.8) is 0 Å². The number of allylic oxidation sites excluding steroid dienone is 1. The summed E-state index contributed by atoms with van der Waals surface area (Å²) in [6, 6.07) is 22.4. The number of likely N-dealkylation sites (tertiary alicyclic amines) is 1. The molecule has 11 heteroatoms. The van der Waals surface area contributed by atoms with Crippen molar-refractivity contribution < 1.29 is 33.8 Å². The number of ether oxygens (including phenoxy) is 2. The van der Waals surface area contributed by atoms with Gasteiger partial charge in [-0.3, -0.25) is 19.2 Å². The third-order valence-corrected chi connectivity index (χ3v) is 11.4. The minimum absolute atomic E-state index is 0.0849. The van der Waals surface area contributed by atoms with Gasteiger partial charge >= 0.3 is 5.97 Å². The quantitative estimate of drug-likeness (QED) is 0.149. The molecule has 3 aliphatic rings. The van der Waals surface area contributed by atoms with Crippen LogP contribution >= 0.6 is 11.6 Å². The van der Waals surface area contributed by atoms with Crippen molar-refractivity contribution in [3.8, 4) is 0 Å². The topological polar surface area (TPSA) is 117 Å². The molecule has 3 fully saturated rings. The number of fused-ring (bicyclic) bond motifs is 1. The lowest BCUT2D eigenvalue weighted by Gasteiger charge is -2.39. The summed E-state index contributed by atoms with van der Waals surface area (Å²) in [5.74, 6) is -3.83. The van der Waals surface area contributed by atoms with Gasteiger partial charge < -0.3 is 29.3 Å². The summed E-state index contributed by atoms with van der Waals surface area (Å²) in [5.41, 5.74) is 0.353. The Morgan fingerprint density at radius 3 is 2.28 bits per heavy atom. The van der Waals surface area contributed by atoms with Gasteiger partial charge in [0.2, 0.25) is 11.8 Å². The molecule has 8 atom stereocenters. The number of hydrogen-bond donors (Lipinski definition) is 1. The van der Waals surface area contributed by atoms with Crippen molar-refractivity contribution in [2.24, 2.45) is 11.8 Å². The van der Waals surface area contributed by atoms with E-state index in [1.807, 2.05) is 43.3 Å². The Balaban J connectivity index is 1.40. The number of amides is 3. The molecule has 6 rings (SSSR count). The first-order valence-electron chi connectivity index (χ1n) is 18.0. The standard InChI is InChI=1S/C42H46ClN3O7/c1-5-7-22-34(48)44(4)27(3)37(29-18-12-9-13-19-29)52-41(51)35-33-23-24-42(53-33)36(35)39(49)46(32(26-47)28-16-10-8-11-17-28)38(42)40(50)45(25-6-2)31-21-15-14-20-30(31)43/h5-6,8-21,27,32-33,35-38,47H,1-2,7,22-26H2,3-4H3/t27-,32-,33-,35+,36+,37+,38-,42+/m1/s1. The Morgan fingerprint density at radius 2 is 1.66 bits per heavy atom. The maximum absolute atomic E-state index is 15.1. The summed E-state index contributed by atoms with van der Waals surface area (Å²) in [5, 5.41) is 11.2. The van der Waals surface area contributed by atoms with Crippen LogP contribution in [0.4, 0.5) is 5.69 Å². The van der Waals surface area contributed by atoms with Gasteiger partial charge in [-0.05, 0) is 49.4 Å². The monoisotopic (exact) mass is 739 g/mol. The Morgan fingerprint density at radius 1 is 1.02 bits per heavy atom. The fourth-order valence-electron chi connectivity index (χ4n) is 8.38. The number of nitrogens with zero attached hydrogens (tertiary/aromatic N) is 3. The first-order chi connectivity index (χ1) is 25.6. The fourth-order valence-corrected chi connectivity index (χ4v) is 8.62. The third kappa shape index (κ3) is 6.91. The van der Waals surface area contributed by atoms with E-state index >= 15 is 4.79 Å². The second-order valence-corrected chi connectivity index (χ2v) is 14.3. The average molecular weight is 740 g/mol. The summed E-state index contributed by atoms with van der Waals surface area (Å²) in [6.07, 6.45) is 3.22. The zero-order valence-electron chi connectivity index (χ0n) is 30.1. The van der Waals surface area contributed by atoms with Gasteiger partial charge in [0.25, 0.3) is 5.91 Å². The Kier molecular flexibility index (Phi) is 11.5. The van der Waals surface area contributed by atoms with E-state index in [2.05, 4.69) is 13.2 Å². The summed E-state index contributed by atoms with van der Waals surface area (Å²) >= 11 is 6.63. The first-order valence-corrected chi connectivity index (χ1v) is 18.4. The molecule has 278 valence electrons. The normalized spacial score (nSPS) is 24.5. The number of rotatable bonds is 15. The molecule has 3 aromatic carbocycles. The van der Waals surface area contributed by atoms with Gasteiger partial charge in [-0.2, -0.15) is 0 Å². The number of carbonyl (C=O) groups excluding carboxylic acids is 4. The van der Waals surface area contributed by atoms with Gasteiger partial charge in [0.1, 0.15) is 17.7 Å². The van der Waals surface area contributed by atoms with Gasteiger partial charge in [0.05, 0.1) is 47.3 Å². The van der Waals surface area contributed by atoms with E-state index in [0.717, 1.165) is 0 Å². The highest BCUT2D eigenvalue weighted by atomic mass is 35.5. The molecule has 0 aliphatic carbocycles. The molecule has 1 spiro atoms. The van der Waals surface area contributed by atoms with E-state index in [1.54, 1.807) is 72.6 Å². The molecule has 0 aromatic heterocycles. The number of anilines is 1. The van der Waals surface area contributed by atoms with Gasteiger partial charge in [0.15, 0.2) is 0 Å². The number of para-hydroxylation sites is 1. The Labute approximate surface area is 315 Å². The molecule has 3 amide bonds. The van der Waals surface area contributed by atoms with Crippen LogP contribution in [0.25, 0.3) is 0 Å². The van der Waals surface area contributed by atoms with Crippen LogP contribution in [-0.2, 0) is 28.7 Å². The lowest BCUT2D eigenvalue weighted by molar-refractivity contribution is -0.165. The highest BCUT2D eigenvalue weighted by Gasteiger charge is 2.76. The number of esters is 1. The number of aliphatic hydroxyl groups excluding tert-OH is 1. The van der Waals surface area contributed by atoms with Crippen LogP contribution < -0.4 is 4.90 Å². The van der Waals surface area contributed by atoms with Gasteiger partial charge in [-0.25, -0.2) is 0 Å². The van der Waals surface area contributed by atoms with Crippen molar-refractivity contribution >= 4 is 41.0 Å². The third-order valence-electron chi connectivity index (χ3n) is 11.0. The molecule has 10 nitrogen and oxygen atoms in total. The zero-order chi connectivity index (χ0) is 37.9. The van der Waals surface area contributed by atoms with E-state index in [9.17, 15) is 19.5 Å². The molecule has 3 aliphatic heterocycles. The molecular formula is C42H46ClN3O7. The van der Waals surface area contributed by atoms with E-state index in [0.29, 0.717) is 41.1 Å². The minimum atomic E-state index is -1.39. The summed E-state index contributed by atoms with van der Waals surface area (Å²) in [6.45, 7) is 9.01. The van der Waals surface area contributed by atoms with E-state index in [4.69, 9.17) is 21.1 Å². The molecule has 3 heterocycles. The molecule has 53 heavy (non-hydrogen) atoms. The lowest BCUT2D eigenvalue weighted by Crippen LogP contribution is -2.57. The molecule has 3 saturated heterocycles. The zero-order valence-corrected chi connectivity index (χ0v) is 30.8. The summed E-state index contributed by atoms with van der Waals surface area (Å²) < 4.78 is 13.1. The highest BCUT2D eigenvalue weighted by Crippen LogP contribution is 2.60. The summed E-state index contributed by atoms with van der Waals surface area (Å²) in [4.78, 5) is 62.2. The molecular weight excluding hydrogens is 694 g/mol. The molecule has 1 N–H and O–H groups in total. The fraction of sp³-hybridized carbons (Fsp3) is 0.381. The van der Waals surface area contributed by atoms with Gasteiger partial charge in [0, 0.05) is 20.0 Å². The van der Waals surface area contributed by atoms with Crippen molar-refractivity contribution in [2.75, 3.05) is 25.1 Å². The number of carbonyl (C=O) groups is 4. The maximum Gasteiger partial charge on any atom is 0.313 e. The molecule has 2 bridgehead atoms. The Bertz CT molecular complexity index is 1840. The largest absolute Gasteiger partial charge is 0.455 e. The van der Waals surface area contributed by atoms with E-state index in [-0.39, 0.29) is 18.9 Å². The number of likely N-dealkylation sites (N-methyl/N-ethyl adjacent to an activating group) is 1. The predicted molar refractivity (Wildman–Crippen MR) is 202 cm³/mol. The van der Waals surface area contributed by atoms with Gasteiger partial charge in [-0.15, -0.1) is 13.2 Å². The smallest absolute Gasteiger partial charge is 0.313 e. The van der Waals surface area contributed by atoms with Crippen LogP contribution in [-0.4, -0.2) is 82.6 Å². The number of halogens is 1. The van der Waals surface area contributed by atoms with Crippen molar-refractivity contribution in [2.45, 2.75) is 68.5 Å². The van der Waals surface area contributed by atoms with Crippen LogP contribution in [0.5, 0.6) is 0 Å². The average Bonchev–Trinajstić information content (AvgIpc) is 3.83. The number of hydrogen-bond acceptors (Lipinski definition) is 7. The van der Waals surface area contributed by atoms with Gasteiger partial charge in [-0.1, -0.05) is 96.5 Å². The Hall–Kier alpha value is -4.77. The highest BCUT2D eigenvalue weighted by molar-refractivity contribution is 6.34. The van der Waals surface area contributed by atoms with Crippen LogP contribution in [0.15, 0.2) is 110 Å². The van der Waals surface area contributed by atoms with Crippen LogP contribution in [0, 0.1) is 11.8 Å². The second-order valence-electron chi connectivity index (χ2n) is 13.9. The maximum atomic E-state index is 15.1. The molecule has 0 radical (unpaired) electrons. The molecule has 0 saturated carbocycles. The SMILES string of the molecule is C=CCCC(=O)N(C)[C@H](C)[C@H](OC(=O)[C@@H]1[C@H]2C(=O)N([C@H](CO)c3ccccc3)[C@H](C(=O)N(CC=C)c3ccccc3Cl)[C@]23CC[C@H]1O3)c1ccccc1. The second kappa shape index (κ2) is 16.1. The predicted octanol–water partition coefficient (Wildman–Crippen LogP) is 6.06. The minimum Gasteiger partial charge on any atom is -0.455 e. The van der Waals surface area contributed by atoms with E-state index < -0.39 is 72.2 Å². The van der Waals surface area contributed by atoms with Crippen molar-refractivity contribution in [3.05, 3.63) is 126 Å². The van der Waals surface area contributed by atoms with Crippen molar-refractivity contribution in [1.82, 2.24) is 9.80 Å². The first kappa shape index (κ1) is 38.0. The summed E-state index contributed by atoms with van der Waals surface area (Å²) in [7, 11) is 1.68. The molecule has 3 aromatic rings.